The molecule has 0 aromatic heterocycles. The number of hydrogen-bond donors (Lipinski definition) is 2. The Hall–Kier alpha value is -1.10. The van der Waals surface area contributed by atoms with Gasteiger partial charge >= 0.3 is 11.9 Å². The number of hydrogen-bond acceptors (Lipinski definition) is 3. The topological polar surface area (TPSA) is 83.8 Å². The number of ether oxygens (including phenoxy) is 1. The van der Waals surface area contributed by atoms with Crippen LogP contribution < -0.4 is 0 Å². The number of rotatable bonds is 2. The first kappa shape index (κ1) is 8.50. The Labute approximate surface area is 74.3 Å². The maximum Gasteiger partial charge on any atom is 0.310 e. The molecule has 2 rings (SSSR count). The summed E-state index contributed by atoms with van der Waals surface area (Å²) in [5.74, 6) is -3.99. The molecule has 2 aliphatic heterocycles. The Morgan fingerprint density at radius 2 is 2.00 bits per heavy atom. The highest BCUT2D eigenvalue weighted by atomic mass is 16.5. The van der Waals surface area contributed by atoms with Crippen molar-refractivity contribution in [1.29, 1.82) is 0 Å². The predicted molar refractivity (Wildman–Crippen MR) is 39.6 cm³/mol. The second-order valence-electron chi connectivity index (χ2n) is 3.34. The van der Waals surface area contributed by atoms with E-state index in [0.29, 0.717) is 18.9 Å². The third-order valence-electron chi connectivity index (χ3n) is 2.64. The van der Waals surface area contributed by atoms with Crippen LogP contribution >= 0.6 is 0 Å². The Bertz CT molecular complexity index is 235. The van der Waals surface area contributed by atoms with Crippen LogP contribution in [0, 0.1) is 17.9 Å². The molecule has 5 nitrogen and oxygen atoms in total. The molecule has 5 heteroatoms. The van der Waals surface area contributed by atoms with Gasteiger partial charge in [0.05, 0.1) is 12.0 Å². The number of aliphatic carboxylic acids is 2. The van der Waals surface area contributed by atoms with Gasteiger partial charge in [0.2, 0.25) is 0 Å². The van der Waals surface area contributed by atoms with Gasteiger partial charge in [0.1, 0.15) is 12.0 Å². The number of carboxylic acid groups (broad SMARTS) is 2. The van der Waals surface area contributed by atoms with Gasteiger partial charge in [-0.25, -0.2) is 0 Å². The minimum Gasteiger partial charge on any atom is -0.481 e. The predicted octanol–water partition coefficient (Wildman–Crippen LogP) is 0.113. The summed E-state index contributed by atoms with van der Waals surface area (Å²) in [6.07, 6.45) is 1.24. The van der Waals surface area contributed by atoms with E-state index in [1.165, 1.54) is 0 Å². The molecule has 2 heterocycles. The minimum absolute atomic E-state index is 0.423. The van der Waals surface area contributed by atoms with Crippen LogP contribution in [0.5, 0.6) is 0 Å². The maximum atomic E-state index is 10.7. The van der Waals surface area contributed by atoms with Crippen molar-refractivity contribution in [1.82, 2.24) is 0 Å². The number of fused-ring (bicyclic) bond motifs is 2. The molecule has 2 N–H and O–H groups in total. The van der Waals surface area contributed by atoms with Crippen molar-refractivity contribution in [2.24, 2.45) is 11.8 Å². The van der Waals surface area contributed by atoms with Gasteiger partial charge in [-0.15, -0.1) is 0 Å². The largest absolute Gasteiger partial charge is 0.481 e. The normalized spacial score (nSPS) is 38.0. The smallest absolute Gasteiger partial charge is 0.310 e. The van der Waals surface area contributed by atoms with Crippen molar-refractivity contribution in [3.63, 3.8) is 0 Å². The van der Waals surface area contributed by atoms with E-state index in [-0.39, 0.29) is 0 Å². The highest BCUT2D eigenvalue weighted by Gasteiger charge is 2.56. The van der Waals surface area contributed by atoms with Crippen LogP contribution in [0.3, 0.4) is 0 Å². The summed E-state index contributed by atoms with van der Waals surface area (Å²) >= 11 is 0. The van der Waals surface area contributed by atoms with Gasteiger partial charge in [-0.2, -0.15) is 0 Å². The SMILES string of the molecule is O=C(O)C1[C]2CCC(O2)C1C(=O)O. The van der Waals surface area contributed by atoms with Crippen molar-refractivity contribution >= 4 is 11.9 Å². The van der Waals surface area contributed by atoms with E-state index in [0.717, 1.165) is 0 Å². The third-order valence-corrected chi connectivity index (χ3v) is 2.64. The van der Waals surface area contributed by atoms with Crippen LogP contribution in [0.25, 0.3) is 0 Å². The Morgan fingerprint density at radius 1 is 1.31 bits per heavy atom. The van der Waals surface area contributed by atoms with Crippen LogP contribution in [0.4, 0.5) is 0 Å². The molecule has 3 unspecified atom stereocenters. The maximum absolute atomic E-state index is 10.7. The lowest BCUT2D eigenvalue weighted by molar-refractivity contribution is -0.153. The van der Waals surface area contributed by atoms with Crippen LogP contribution in [0.1, 0.15) is 12.8 Å². The molecule has 0 aromatic rings. The molecule has 2 aliphatic rings. The monoisotopic (exact) mass is 185 g/mol. The van der Waals surface area contributed by atoms with Gasteiger partial charge in [0.25, 0.3) is 0 Å². The van der Waals surface area contributed by atoms with Crippen LogP contribution in [-0.4, -0.2) is 28.3 Å². The minimum atomic E-state index is -1.09. The quantitative estimate of drug-likeness (QED) is 0.638. The van der Waals surface area contributed by atoms with Crippen molar-refractivity contribution in [3.05, 3.63) is 6.10 Å². The number of carboxylic acids is 2. The summed E-state index contributed by atoms with van der Waals surface area (Å²) in [6, 6.07) is 0. The Kier molecular flexibility index (Phi) is 1.76. The lowest BCUT2D eigenvalue weighted by Crippen LogP contribution is -2.35. The van der Waals surface area contributed by atoms with Gasteiger partial charge in [-0.05, 0) is 12.8 Å². The second-order valence-corrected chi connectivity index (χ2v) is 3.34. The molecule has 0 aromatic carbocycles. The zero-order valence-electron chi connectivity index (χ0n) is 6.77. The van der Waals surface area contributed by atoms with E-state index in [2.05, 4.69) is 0 Å². The molecule has 2 saturated heterocycles. The van der Waals surface area contributed by atoms with Crippen molar-refractivity contribution in [3.8, 4) is 0 Å². The van der Waals surface area contributed by atoms with Crippen molar-refractivity contribution < 1.29 is 24.5 Å². The average molecular weight is 185 g/mol. The van der Waals surface area contributed by atoms with Crippen LogP contribution in [0.15, 0.2) is 0 Å². The fourth-order valence-electron chi connectivity index (χ4n) is 2.09. The van der Waals surface area contributed by atoms with Crippen LogP contribution in [-0.2, 0) is 14.3 Å². The average Bonchev–Trinajstić information content (AvgIpc) is 2.60. The van der Waals surface area contributed by atoms with Crippen molar-refractivity contribution in [2.45, 2.75) is 18.9 Å². The summed E-state index contributed by atoms with van der Waals surface area (Å²) in [5, 5.41) is 17.6. The molecule has 0 saturated carbocycles. The molecule has 2 bridgehead atoms. The molecule has 13 heavy (non-hydrogen) atoms. The molecule has 0 aliphatic carbocycles. The van der Waals surface area contributed by atoms with E-state index < -0.39 is 29.9 Å². The standard InChI is InChI=1S/C8H9O5/c9-7(10)5-3-1-2-4(13-3)6(5)8(11)12/h3,5-6H,1-2H2,(H,9,10)(H,11,12). The fourth-order valence-corrected chi connectivity index (χ4v) is 2.09. The summed E-state index contributed by atoms with van der Waals surface area (Å²) in [6.45, 7) is 0. The molecular weight excluding hydrogens is 176 g/mol. The second kappa shape index (κ2) is 2.70. The molecule has 0 amide bonds. The highest BCUT2D eigenvalue weighted by molar-refractivity contribution is 5.83. The first-order valence-electron chi connectivity index (χ1n) is 4.09. The zero-order chi connectivity index (χ0) is 9.59. The van der Waals surface area contributed by atoms with Gasteiger partial charge in [-0.1, -0.05) is 0 Å². The number of carbonyl (C=O) groups is 2. The lowest BCUT2D eigenvalue weighted by Gasteiger charge is -2.19. The van der Waals surface area contributed by atoms with Crippen molar-refractivity contribution in [2.75, 3.05) is 0 Å². The summed E-state index contributed by atoms with van der Waals surface area (Å²) in [7, 11) is 0. The third kappa shape index (κ3) is 1.11. The van der Waals surface area contributed by atoms with Gasteiger partial charge in [-0.3, -0.25) is 9.59 Å². The summed E-state index contributed by atoms with van der Waals surface area (Å²) in [4.78, 5) is 21.5. The van der Waals surface area contributed by atoms with E-state index in [1.54, 1.807) is 0 Å². The molecular formula is C8H9O5. The van der Waals surface area contributed by atoms with Gasteiger partial charge in [0, 0.05) is 0 Å². The van der Waals surface area contributed by atoms with Gasteiger partial charge < -0.3 is 14.9 Å². The van der Waals surface area contributed by atoms with E-state index >= 15 is 0 Å². The summed E-state index contributed by atoms with van der Waals surface area (Å²) < 4.78 is 5.18. The van der Waals surface area contributed by atoms with E-state index in [1.807, 2.05) is 0 Å². The summed E-state index contributed by atoms with van der Waals surface area (Å²) in [5.41, 5.74) is 0. The van der Waals surface area contributed by atoms with Crippen LogP contribution in [0.2, 0.25) is 0 Å². The highest BCUT2D eigenvalue weighted by Crippen LogP contribution is 2.48. The Balaban J connectivity index is 2.24. The van der Waals surface area contributed by atoms with Gasteiger partial charge in [0.15, 0.2) is 0 Å². The lowest BCUT2D eigenvalue weighted by atomic mass is 9.79. The Morgan fingerprint density at radius 3 is 2.46 bits per heavy atom. The molecule has 1 radical (unpaired) electrons. The zero-order valence-corrected chi connectivity index (χ0v) is 6.77. The molecule has 71 valence electrons. The van der Waals surface area contributed by atoms with E-state index in [4.69, 9.17) is 14.9 Å². The fraction of sp³-hybridized carbons (Fsp3) is 0.625. The first-order chi connectivity index (χ1) is 6.11. The molecule has 0 spiro atoms. The molecule has 3 atom stereocenters. The molecule has 2 fully saturated rings. The first-order valence-corrected chi connectivity index (χ1v) is 4.09. The van der Waals surface area contributed by atoms with E-state index in [9.17, 15) is 9.59 Å².